The van der Waals surface area contributed by atoms with Crippen LogP contribution in [-0.2, 0) is 0 Å². The predicted octanol–water partition coefficient (Wildman–Crippen LogP) is 7.15. The van der Waals surface area contributed by atoms with E-state index in [0.717, 1.165) is 11.8 Å². The summed E-state index contributed by atoms with van der Waals surface area (Å²) in [6, 6.07) is 0. The van der Waals surface area contributed by atoms with E-state index in [-0.39, 0.29) is 0 Å². The molecule has 2 rings (SSSR count). The summed E-state index contributed by atoms with van der Waals surface area (Å²) in [5, 5.41) is 0. The van der Waals surface area contributed by atoms with E-state index in [9.17, 15) is 0 Å². The highest BCUT2D eigenvalue weighted by atomic mass is 14.3. The molecule has 0 spiro atoms. The lowest BCUT2D eigenvalue weighted by Crippen LogP contribution is -2.04. The van der Waals surface area contributed by atoms with Crippen LogP contribution in [0.5, 0.6) is 0 Å². The fraction of sp³-hybridized carbons (Fsp3) is 0.636. The third kappa shape index (κ3) is 2.90. The van der Waals surface area contributed by atoms with Gasteiger partial charge in [0, 0.05) is 11.8 Å². The second-order valence-electron chi connectivity index (χ2n) is 7.62. The van der Waals surface area contributed by atoms with Crippen LogP contribution < -0.4 is 0 Å². The van der Waals surface area contributed by atoms with Gasteiger partial charge in [-0.3, -0.25) is 0 Å². The Morgan fingerprint density at radius 1 is 0.455 bits per heavy atom. The smallest absolute Gasteiger partial charge is 0.00130 e. The van der Waals surface area contributed by atoms with Gasteiger partial charge in [0.2, 0.25) is 0 Å². The van der Waals surface area contributed by atoms with Crippen molar-refractivity contribution in [2.45, 2.75) is 81.1 Å². The van der Waals surface area contributed by atoms with Gasteiger partial charge in [-0.25, -0.2) is 0 Å². The zero-order valence-corrected chi connectivity index (χ0v) is 16.0. The van der Waals surface area contributed by atoms with Crippen LogP contribution in [0.3, 0.4) is 0 Å². The molecule has 0 nitrogen and oxygen atoms in total. The first kappa shape index (κ1) is 17.3. The highest BCUT2D eigenvalue weighted by Crippen LogP contribution is 2.41. The van der Waals surface area contributed by atoms with Gasteiger partial charge in [0.1, 0.15) is 0 Å². The molecule has 0 fully saturated rings. The van der Waals surface area contributed by atoms with Gasteiger partial charge in [0.05, 0.1) is 0 Å². The first-order valence-electron chi connectivity index (χ1n) is 8.97. The van der Waals surface area contributed by atoms with Gasteiger partial charge in [0.15, 0.2) is 0 Å². The van der Waals surface area contributed by atoms with Crippen molar-refractivity contribution in [3.05, 3.63) is 44.6 Å². The van der Waals surface area contributed by atoms with Gasteiger partial charge in [-0.2, -0.15) is 0 Å². The summed E-state index contributed by atoms with van der Waals surface area (Å²) in [6.45, 7) is 18.5. The van der Waals surface area contributed by atoms with Gasteiger partial charge in [-0.05, 0) is 90.5 Å². The third-order valence-corrected chi connectivity index (χ3v) is 6.82. The van der Waals surface area contributed by atoms with E-state index in [0.29, 0.717) is 0 Å². The van der Waals surface area contributed by atoms with E-state index in [1.165, 1.54) is 25.7 Å². The van der Waals surface area contributed by atoms with Gasteiger partial charge in [-0.15, -0.1) is 0 Å². The van der Waals surface area contributed by atoms with Crippen molar-refractivity contribution < 1.29 is 0 Å². The molecule has 2 aliphatic carbocycles. The van der Waals surface area contributed by atoms with Crippen molar-refractivity contribution in [3.8, 4) is 0 Å². The Labute approximate surface area is 138 Å². The Hall–Kier alpha value is -1.04. The van der Waals surface area contributed by atoms with E-state index in [4.69, 9.17) is 0 Å². The van der Waals surface area contributed by atoms with Gasteiger partial charge in [-0.1, -0.05) is 35.1 Å². The zero-order chi connectivity index (χ0) is 16.6. The number of allylic oxidation sites excluding steroid dienone is 8. The summed E-state index contributed by atoms with van der Waals surface area (Å²) in [7, 11) is 0. The second kappa shape index (κ2) is 6.60. The van der Waals surface area contributed by atoms with Crippen LogP contribution >= 0.6 is 0 Å². The first-order valence-corrected chi connectivity index (χ1v) is 8.97. The third-order valence-electron chi connectivity index (χ3n) is 6.82. The normalized spacial score (nSPS) is 21.3. The number of hydrogen-bond acceptors (Lipinski definition) is 0. The fourth-order valence-electron chi connectivity index (χ4n) is 4.44. The topological polar surface area (TPSA) is 0 Å². The standard InChI is InChI=1S/C22H34/c1-13-14(2)18(6)21(17(13)5)11-9-10-12-22-19(7)15(3)16(4)20(22)8/h21-22H,9-12H2,1-8H3. The molecule has 0 N–H and O–H groups in total. The van der Waals surface area contributed by atoms with E-state index in [1.807, 2.05) is 0 Å². The minimum Gasteiger partial charge on any atom is -0.0630 e. The molecule has 0 amide bonds. The number of hydrogen-bond donors (Lipinski definition) is 0. The Morgan fingerprint density at radius 2 is 0.682 bits per heavy atom. The molecule has 2 aliphatic rings. The van der Waals surface area contributed by atoms with Crippen molar-refractivity contribution in [2.75, 3.05) is 0 Å². The Balaban J connectivity index is 1.87. The summed E-state index contributed by atoms with van der Waals surface area (Å²) in [5.41, 5.74) is 12.7. The van der Waals surface area contributed by atoms with Crippen molar-refractivity contribution in [1.29, 1.82) is 0 Å². The van der Waals surface area contributed by atoms with E-state index in [2.05, 4.69) is 55.4 Å². The van der Waals surface area contributed by atoms with Crippen LogP contribution in [0.4, 0.5) is 0 Å². The minimum atomic E-state index is 0.723. The summed E-state index contributed by atoms with van der Waals surface area (Å²) >= 11 is 0. The second-order valence-corrected chi connectivity index (χ2v) is 7.62. The van der Waals surface area contributed by atoms with Crippen molar-refractivity contribution in [2.24, 2.45) is 11.8 Å². The van der Waals surface area contributed by atoms with E-state index < -0.39 is 0 Å². The van der Waals surface area contributed by atoms with Crippen molar-refractivity contribution >= 4 is 0 Å². The molecule has 0 radical (unpaired) electrons. The molecule has 0 atom stereocenters. The maximum Gasteiger partial charge on any atom is 0.00130 e. The van der Waals surface area contributed by atoms with Crippen LogP contribution in [0.25, 0.3) is 0 Å². The largest absolute Gasteiger partial charge is 0.0630 e. The average molecular weight is 299 g/mol. The molecule has 0 aliphatic heterocycles. The lowest BCUT2D eigenvalue weighted by atomic mass is 9.87. The lowest BCUT2D eigenvalue weighted by Gasteiger charge is -2.17. The highest BCUT2D eigenvalue weighted by molar-refractivity contribution is 5.47. The van der Waals surface area contributed by atoms with Crippen LogP contribution in [0.2, 0.25) is 0 Å². The molecule has 0 saturated heterocycles. The summed E-state index contributed by atoms with van der Waals surface area (Å²) < 4.78 is 0. The zero-order valence-electron chi connectivity index (χ0n) is 16.0. The summed E-state index contributed by atoms with van der Waals surface area (Å²) in [4.78, 5) is 0. The fourth-order valence-corrected chi connectivity index (χ4v) is 4.44. The average Bonchev–Trinajstić information content (AvgIpc) is 2.79. The van der Waals surface area contributed by atoms with Crippen LogP contribution in [0.15, 0.2) is 44.6 Å². The van der Waals surface area contributed by atoms with Crippen molar-refractivity contribution in [3.63, 3.8) is 0 Å². The maximum atomic E-state index is 2.34. The highest BCUT2D eigenvalue weighted by Gasteiger charge is 2.25. The number of unbranched alkanes of at least 4 members (excludes halogenated alkanes) is 1. The molecule has 22 heavy (non-hydrogen) atoms. The quantitative estimate of drug-likeness (QED) is 0.473. The summed E-state index contributed by atoms with van der Waals surface area (Å²) in [6.07, 6.45) is 5.38. The Morgan fingerprint density at radius 3 is 0.909 bits per heavy atom. The molecule has 0 aromatic rings. The van der Waals surface area contributed by atoms with Crippen molar-refractivity contribution in [1.82, 2.24) is 0 Å². The molecule has 0 heteroatoms. The Bertz CT molecular complexity index is 488. The van der Waals surface area contributed by atoms with Crippen LogP contribution in [-0.4, -0.2) is 0 Å². The Kier molecular flexibility index (Phi) is 5.20. The SMILES string of the molecule is CC1=C(C)C(CCCCC2C(C)=C(C)C(C)=C2C)C(C)=C1C. The van der Waals surface area contributed by atoms with Gasteiger partial charge >= 0.3 is 0 Å². The maximum absolute atomic E-state index is 2.34. The first-order chi connectivity index (χ1) is 10.3. The molecule has 0 bridgehead atoms. The molecular weight excluding hydrogens is 264 g/mol. The number of rotatable bonds is 5. The minimum absolute atomic E-state index is 0.723. The molecule has 0 aromatic heterocycles. The predicted molar refractivity (Wildman–Crippen MR) is 98.9 cm³/mol. The van der Waals surface area contributed by atoms with E-state index in [1.54, 1.807) is 44.6 Å². The van der Waals surface area contributed by atoms with Crippen LogP contribution in [0, 0.1) is 11.8 Å². The molecule has 0 heterocycles. The molecule has 0 aromatic carbocycles. The van der Waals surface area contributed by atoms with Crippen LogP contribution in [0.1, 0.15) is 81.1 Å². The monoisotopic (exact) mass is 298 g/mol. The molecular formula is C22H34. The van der Waals surface area contributed by atoms with Gasteiger partial charge < -0.3 is 0 Å². The summed E-state index contributed by atoms with van der Waals surface area (Å²) in [5.74, 6) is 1.45. The molecule has 0 unspecified atom stereocenters. The van der Waals surface area contributed by atoms with E-state index >= 15 is 0 Å². The lowest BCUT2D eigenvalue weighted by molar-refractivity contribution is 0.528. The molecule has 0 saturated carbocycles. The van der Waals surface area contributed by atoms with Gasteiger partial charge in [0.25, 0.3) is 0 Å². The molecule has 122 valence electrons.